The van der Waals surface area contributed by atoms with Crippen LogP contribution in [0.25, 0.3) is 99.1 Å². The van der Waals surface area contributed by atoms with Gasteiger partial charge >= 0.3 is 0 Å². The summed E-state index contributed by atoms with van der Waals surface area (Å²) in [6, 6.07) is 69.9. The van der Waals surface area contributed by atoms with Crippen molar-refractivity contribution in [1.29, 1.82) is 0 Å². The highest BCUT2D eigenvalue weighted by atomic mass is 15.1. The number of nitrogens with zero attached hydrogens (tertiary/aromatic N) is 1. The summed E-state index contributed by atoms with van der Waals surface area (Å²) in [6.07, 6.45) is 0. The standard InChI is InChI=1S/C66H45N/c1-4-16-47(17-5-1)59-42-35-53(44-64(59)49-20-8-3-9-21-49)46-28-36-55(37-29-46)67(56-38-30-51(31-39-56)65-45-54-23-11-12-24-58(54)62-26-14-15-27-63(62)65)57-40-32-52(33-41-57)66-60-25-13-10-22-50(60)34-43-61(66)48-18-6-2-7-19-48/h1-45H/i28D,29D,32D,33D,36D,37D,40D,41D. The Morgan fingerprint density at radius 1 is 0.239 bits per heavy atom. The van der Waals surface area contributed by atoms with Gasteiger partial charge in [-0.15, -0.1) is 0 Å². The number of benzene rings is 12. The first-order valence-electron chi connectivity index (χ1n) is 26.4. The van der Waals surface area contributed by atoms with Gasteiger partial charge < -0.3 is 4.90 Å². The van der Waals surface area contributed by atoms with Crippen LogP contribution >= 0.6 is 0 Å². The molecule has 0 aliphatic heterocycles. The van der Waals surface area contributed by atoms with E-state index in [2.05, 4.69) is 30.3 Å². The van der Waals surface area contributed by atoms with Crippen LogP contribution in [0.15, 0.2) is 273 Å². The third-order valence-electron chi connectivity index (χ3n) is 12.6. The van der Waals surface area contributed by atoms with Crippen molar-refractivity contribution in [2.24, 2.45) is 0 Å². The van der Waals surface area contributed by atoms with Gasteiger partial charge in [0.2, 0.25) is 0 Å². The molecule has 1 nitrogen and oxygen atoms in total. The molecule has 0 saturated heterocycles. The zero-order valence-corrected chi connectivity index (χ0v) is 36.3. The van der Waals surface area contributed by atoms with Gasteiger partial charge in [-0.2, -0.15) is 0 Å². The lowest BCUT2D eigenvalue weighted by Gasteiger charge is -2.26. The van der Waals surface area contributed by atoms with Gasteiger partial charge in [-0.1, -0.05) is 224 Å². The quantitative estimate of drug-likeness (QED) is 0.131. The van der Waals surface area contributed by atoms with Crippen LogP contribution in [0.4, 0.5) is 17.1 Å². The minimum Gasteiger partial charge on any atom is -0.311 e. The topological polar surface area (TPSA) is 3.24 Å². The number of anilines is 3. The van der Waals surface area contributed by atoms with Crippen molar-refractivity contribution in [3.63, 3.8) is 0 Å². The number of hydrogen-bond acceptors (Lipinski definition) is 1. The van der Waals surface area contributed by atoms with Crippen molar-refractivity contribution >= 4 is 49.4 Å². The third-order valence-corrected chi connectivity index (χ3v) is 12.6. The van der Waals surface area contributed by atoms with Crippen molar-refractivity contribution in [2.45, 2.75) is 0 Å². The summed E-state index contributed by atoms with van der Waals surface area (Å²) in [4.78, 5) is 1.38. The highest BCUT2D eigenvalue weighted by Gasteiger charge is 2.18. The van der Waals surface area contributed by atoms with Gasteiger partial charge in [0, 0.05) is 17.1 Å². The Labute approximate surface area is 403 Å². The first-order chi connectivity index (χ1) is 36.6. The van der Waals surface area contributed by atoms with E-state index < -0.39 is 24.2 Å². The fourth-order valence-electron chi connectivity index (χ4n) is 9.38. The predicted molar refractivity (Wildman–Crippen MR) is 286 cm³/mol. The molecular weight excluding hydrogens is 807 g/mol. The molecule has 12 aromatic carbocycles. The maximum absolute atomic E-state index is 9.95. The second kappa shape index (κ2) is 17.3. The largest absolute Gasteiger partial charge is 0.311 e. The monoisotopic (exact) mass is 859 g/mol. The maximum atomic E-state index is 9.95. The van der Waals surface area contributed by atoms with Crippen molar-refractivity contribution in [3.8, 4) is 66.8 Å². The van der Waals surface area contributed by atoms with Crippen molar-refractivity contribution < 1.29 is 11.0 Å². The number of hydrogen-bond donors (Lipinski definition) is 0. The summed E-state index contributed by atoms with van der Waals surface area (Å²) in [6.45, 7) is 0. The van der Waals surface area contributed by atoms with E-state index in [9.17, 15) is 11.0 Å². The van der Waals surface area contributed by atoms with Crippen molar-refractivity contribution in [1.82, 2.24) is 0 Å². The van der Waals surface area contributed by atoms with E-state index in [0.29, 0.717) is 16.8 Å². The summed E-state index contributed by atoms with van der Waals surface area (Å²) >= 11 is 0. The number of rotatable bonds is 9. The van der Waals surface area contributed by atoms with Crippen LogP contribution in [0.3, 0.4) is 0 Å². The highest BCUT2D eigenvalue weighted by Crippen LogP contribution is 2.43. The first kappa shape index (κ1) is 32.0. The molecule has 67 heavy (non-hydrogen) atoms. The van der Waals surface area contributed by atoms with Crippen LogP contribution in [0.2, 0.25) is 0 Å². The third kappa shape index (κ3) is 7.53. The summed E-state index contributed by atoms with van der Waals surface area (Å²) in [5.41, 5.74) is 8.21. The average Bonchev–Trinajstić information content (AvgIpc) is 3.46. The van der Waals surface area contributed by atoms with Gasteiger partial charge in [-0.05, 0) is 148 Å². The molecule has 1 heteroatoms. The molecule has 0 radical (unpaired) electrons. The minimum atomic E-state index is -0.412. The Bertz CT molecular complexity index is 4140. The molecule has 0 unspecified atom stereocenters. The van der Waals surface area contributed by atoms with E-state index in [1.165, 1.54) is 4.90 Å². The summed E-state index contributed by atoms with van der Waals surface area (Å²) in [5.74, 6) is 0. The minimum absolute atomic E-state index is 0.0864. The molecule has 0 fully saturated rings. The van der Waals surface area contributed by atoms with Gasteiger partial charge in [0.15, 0.2) is 0 Å². The van der Waals surface area contributed by atoms with Gasteiger partial charge in [0.1, 0.15) is 0 Å². The molecule has 0 aromatic heterocycles. The molecule has 0 heterocycles. The zero-order chi connectivity index (χ0) is 51.5. The van der Waals surface area contributed by atoms with E-state index >= 15 is 0 Å². The second-order valence-corrected chi connectivity index (χ2v) is 16.6. The summed E-state index contributed by atoms with van der Waals surface area (Å²) < 4.78 is 78.9. The molecule has 0 aliphatic rings. The van der Waals surface area contributed by atoms with E-state index in [0.717, 1.165) is 76.8 Å². The van der Waals surface area contributed by atoms with E-state index in [1.807, 2.05) is 182 Å². The van der Waals surface area contributed by atoms with Crippen LogP contribution in [-0.4, -0.2) is 0 Å². The molecule has 0 amide bonds. The van der Waals surface area contributed by atoms with E-state index in [1.54, 1.807) is 12.1 Å². The Hall–Kier alpha value is -8.78. The molecule has 0 N–H and O–H groups in total. The van der Waals surface area contributed by atoms with E-state index in [4.69, 9.17) is 0 Å². The van der Waals surface area contributed by atoms with Gasteiger partial charge in [-0.25, -0.2) is 0 Å². The average molecular weight is 860 g/mol. The highest BCUT2D eigenvalue weighted by molar-refractivity contribution is 6.14. The van der Waals surface area contributed by atoms with Crippen molar-refractivity contribution in [3.05, 3.63) is 273 Å². The predicted octanol–water partition coefficient (Wildman–Crippen LogP) is 18.6. The molecule has 12 rings (SSSR count). The fraction of sp³-hybridized carbons (Fsp3) is 0. The molecule has 0 aliphatic carbocycles. The smallest absolute Gasteiger partial charge is 0.0645 e. The molecule has 0 atom stereocenters. The number of fused-ring (bicyclic) bond motifs is 4. The first-order valence-corrected chi connectivity index (χ1v) is 22.4. The Morgan fingerprint density at radius 3 is 1.34 bits per heavy atom. The lowest BCUT2D eigenvalue weighted by atomic mass is 9.89. The van der Waals surface area contributed by atoms with Crippen molar-refractivity contribution in [2.75, 3.05) is 4.90 Å². The van der Waals surface area contributed by atoms with Gasteiger partial charge in [0.25, 0.3) is 0 Å². The molecule has 0 bridgehead atoms. The molecule has 12 aromatic rings. The van der Waals surface area contributed by atoms with Crippen LogP contribution in [0.5, 0.6) is 0 Å². The molecule has 0 spiro atoms. The Balaban J connectivity index is 1.09. The zero-order valence-electron chi connectivity index (χ0n) is 44.3. The van der Waals surface area contributed by atoms with Crippen LogP contribution in [-0.2, 0) is 0 Å². The molecule has 314 valence electrons. The summed E-state index contributed by atoms with van der Waals surface area (Å²) in [5, 5.41) is 5.95. The lowest BCUT2D eigenvalue weighted by molar-refractivity contribution is 1.28. The van der Waals surface area contributed by atoms with Crippen LogP contribution in [0.1, 0.15) is 11.0 Å². The van der Waals surface area contributed by atoms with Crippen LogP contribution in [0, 0.1) is 0 Å². The lowest BCUT2D eigenvalue weighted by Crippen LogP contribution is -2.09. The molecular formula is C66H45N. The fourth-order valence-corrected chi connectivity index (χ4v) is 9.38. The molecule has 0 saturated carbocycles. The Kier molecular flexibility index (Phi) is 8.26. The summed E-state index contributed by atoms with van der Waals surface area (Å²) in [7, 11) is 0. The maximum Gasteiger partial charge on any atom is 0.0645 e. The normalized spacial score (nSPS) is 13.0. The van der Waals surface area contributed by atoms with Gasteiger partial charge in [0.05, 0.1) is 11.0 Å². The SMILES string of the molecule is [2H]c1c([2H])c(N(c2ccc(-c3cc4ccccc4c4ccccc34)cc2)c2c([2H])c([2H])c(-c3c(-c4ccccc4)ccc4ccccc34)c([2H])c2[2H])c([2H])c([2H])c1-c1ccc(-c2ccccc2)c(-c2ccccc2)c1. The van der Waals surface area contributed by atoms with Gasteiger partial charge in [-0.3, -0.25) is 0 Å². The Morgan fingerprint density at radius 2 is 0.701 bits per heavy atom. The second-order valence-electron chi connectivity index (χ2n) is 16.6. The van der Waals surface area contributed by atoms with Crippen LogP contribution < -0.4 is 4.90 Å². The van der Waals surface area contributed by atoms with E-state index in [-0.39, 0.29) is 46.7 Å².